The fourth-order valence-corrected chi connectivity index (χ4v) is 4.90. The number of carbonyl (C=O) groups excluding carboxylic acids is 2. The molecule has 1 aromatic carbocycles. The number of pyridine rings is 1. The van der Waals surface area contributed by atoms with Gasteiger partial charge in [-0.3, -0.25) is 19.9 Å². The Labute approximate surface area is 193 Å². The second-order valence-corrected chi connectivity index (χ2v) is 8.89. The van der Waals surface area contributed by atoms with Gasteiger partial charge in [-0.2, -0.15) is 5.10 Å². The topological polar surface area (TPSA) is 79.2 Å². The van der Waals surface area contributed by atoms with Crippen molar-refractivity contribution in [3.8, 4) is 5.75 Å². The summed E-state index contributed by atoms with van der Waals surface area (Å²) in [5.74, 6) is 1.35. The van der Waals surface area contributed by atoms with Crippen molar-refractivity contribution >= 4 is 23.1 Å². The van der Waals surface area contributed by atoms with Crippen molar-refractivity contribution in [2.75, 3.05) is 31.6 Å². The summed E-state index contributed by atoms with van der Waals surface area (Å²) in [7, 11) is 1.73. The van der Waals surface area contributed by atoms with Crippen LogP contribution in [0.4, 0.5) is 10.5 Å². The number of hydrogen-bond acceptors (Lipinski definition) is 5. The maximum Gasteiger partial charge on any atom is 0.328 e. The van der Waals surface area contributed by atoms with Crippen LogP contribution in [-0.4, -0.2) is 53.2 Å². The third-order valence-corrected chi connectivity index (χ3v) is 6.73. The highest BCUT2D eigenvalue weighted by Crippen LogP contribution is 2.28. The van der Waals surface area contributed by atoms with E-state index in [-0.39, 0.29) is 11.9 Å². The minimum atomic E-state index is -0.381. The number of likely N-dealkylation sites (tertiary alicyclic amines) is 1. The van der Waals surface area contributed by atoms with Gasteiger partial charge in [0.15, 0.2) is 0 Å². The van der Waals surface area contributed by atoms with Gasteiger partial charge < -0.3 is 4.74 Å². The number of aromatic nitrogens is 2. The van der Waals surface area contributed by atoms with E-state index in [4.69, 9.17) is 4.74 Å². The van der Waals surface area contributed by atoms with Crippen molar-refractivity contribution in [3.05, 3.63) is 59.9 Å². The number of ether oxygens (including phenoxy) is 1. The fourth-order valence-electron chi connectivity index (χ4n) is 4.90. The van der Waals surface area contributed by atoms with Crippen molar-refractivity contribution in [2.24, 2.45) is 5.92 Å². The van der Waals surface area contributed by atoms with Gasteiger partial charge in [-0.25, -0.2) is 9.31 Å². The Morgan fingerprint density at radius 1 is 1.12 bits per heavy atom. The number of benzene rings is 1. The molecular weight excluding hydrogens is 418 g/mol. The van der Waals surface area contributed by atoms with Crippen LogP contribution in [0.3, 0.4) is 0 Å². The van der Waals surface area contributed by atoms with E-state index in [1.807, 2.05) is 18.3 Å². The summed E-state index contributed by atoms with van der Waals surface area (Å²) in [6.07, 6.45) is 7.28. The van der Waals surface area contributed by atoms with Gasteiger partial charge in [0.05, 0.1) is 24.5 Å². The number of carbonyl (C=O) groups is 2. The Balaban J connectivity index is 1.23. The maximum absolute atomic E-state index is 12.3. The molecule has 3 aromatic rings. The van der Waals surface area contributed by atoms with E-state index in [9.17, 15) is 9.59 Å². The predicted octanol–water partition coefficient (Wildman–Crippen LogP) is 3.24. The zero-order valence-corrected chi connectivity index (χ0v) is 18.9. The molecule has 8 heteroatoms. The zero-order valence-electron chi connectivity index (χ0n) is 18.9. The third kappa shape index (κ3) is 4.57. The normalized spacial score (nSPS) is 18.0. The summed E-state index contributed by atoms with van der Waals surface area (Å²) < 4.78 is 7.29. The lowest BCUT2D eigenvalue weighted by atomic mass is 9.90. The second-order valence-electron chi connectivity index (χ2n) is 8.89. The Kier molecular flexibility index (Phi) is 6.00. The van der Waals surface area contributed by atoms with Crippen LogP contribution in [-0.2, 0) is 17.8 Å². The minimum absolute atomic E-state index is 0.231. The molecule has 2 aliphatic heterocycles. The smallest absolute Gasteiger partial charge is 0.328 e. The van der Waals surface area contributed by atoms with E-state index < -0.39 is 0 Å². The fraction of sp³-hybridized carbons (Fsp3) is 0.400. The Morgan fingerprint density at radius 2 is 1.94 bits per heavy atom. The van der Waals surface area contributed by atoms with Gasteiger partial charge >= 0.3 is 6.03 Å². The van der Waals surface area contributed by atoms with Crippen molar-refractivity contribution in [1.82, 2.24) is 19.8 Å². The number of methoxy groups -OCH3 is 1. The molecule has 2 aromatic heterocycles. The molecule has 0 unspecified atom stereocenters. The van der Waals surface area contributed by atoms with E-state index in [1.165, 1.54) is 11.1 Å². The number of para-hydroxylation sites is 1. The number of anilines is 1. The number of imide groups is 1. The Bertz CT molecular complexity index is 1170. The van der Waals surface area contributed by atoms with Crippen LogP contribution in [0.2, 0.25) is 0 Å². The lowest BCUT2D eigenvalue weighted by Gasteiger charge is -2.32. The largest absolute Gasteiger partial charge is 0.496 e. The van der Waals surface area contributed by atoms with Gasteiger partial charge in [0.1, 0.15) is 5.75 Å². The van der Waals surface area contributed by atoms with Gasteiger partial charge in [-0.15, -0.1) is 0 Å². The second kappa shape index (κ2) is 9.23. The summed E-state index contributed by atoms with van der Waals surface area (Å²) in [5, 5.41) is 6.78. The molecule has 2 saturated heterocycles. The monoisotopic (exact) mass is 447 g/mol. The molecule has 0 spiro atoms. The van der Waals surface area contributed by atoms with Crippen LogP contribution >= 0.6 is 0 Å². The summed E-state index contributed by atoms with van der Waals surface area (Å²) in [5.41, 5.74) is 4.13. The van der Waals surface area contributed by atoms with Gasteiger partial charge in [0, 0.05) is 31.3 Å². The first-order chi connectivity index (χ1) is 16.1. The van der Waals surface area contributed by atoms with E-state index >= 15 is 0 Å². The van der Waals surface area contributed by atoms with E-state index in [0.29, 0.717) is 18.9 Å². The number of amides is 3. The number of urea groups is 1. The predicted molar refractivity (Wildman–Crippen MR) is 125 cm³/mol. The molecule has 1 N–H and O–H groups in total. The molecule has 5 rings (SSSR count). The van der Waals surface area contributed by atoms with Crippen LogP contribution in [0.1, 0.15) is 30.4 Å². The van der Waals surface area contributed by atoms with E-state index in [2.05, 4.69) is 39.6 Å². The summed E-state index contributed by atoms with van der Waals surface area (Å²) in [6, 6.07) is 12.1. The first-order valence-electron chi connectivity index (χ1n) is 11.5. The van der Waals surface area contributed by atoms with Crippen molar-refractivity contribution < 1.29 is 14.3 Å². The van der Waals surface area contributed by atoms with Crippen molar-refractivity contribution in [3.63, 3.8) is 0 Å². The van der Waals surface area contributed by atoms with Crippen LogP contribution in [0.5, 0.6) is 5.75 Å². The molecule has 3 amide bonds. The third-order valence-electron chi connectivity index (χ3n) is 6.73. The highest BCUT2D eigenvalue weighted by Gasteiger charge is 2.27. The molecule has 172 valence electrons. The van der Waals surface area contributed by atoms with Crippen LogP contribution in [0, 0.1) is 5.92 Å². The molecule has 4 heterocycles. The lowest BCUT2D eigenvalue weighted by molar-refractivity contribution is -0.120. The molecule has 0 atom stereocenters. The summed E-state index contributed by atoms with van der Waals surface area (Å²) >= 11 is 0. The van der Waals surface area contributed by atoms with E-state index in [0.717, 1.165) is 55.9 Å². The first-order valence-corrected chi connectivity index (χ1v) is 11.5. The number of hydrogen-bond donors (Lipinski definition) is 1. The van der Waals surface area contributed by atoms with Gasteiger partial charge in [0.2, 0.25) is 5.91 Å². The molecule has 2 aliphatic rings. The molecule has 2 fully saturated rings. The molecule has 0 aliphatic carbocycles. The number of nitrogens with one attached hydrogen (secondary N) is 1. The summed E-state index contributed by atoms with van der Waals surface area (Å²) in [6.45, 7) is 3.44. The average Bonchev–Trinajstić information content (AvgIpc) is 3.24. The van der Waals surface area contributed by atoms with E-state index in [1.54, 1.807) is 22.7 Å². The number of nitrogens with zero attached hydrogens (tertiary/aromatic N) is 4. The standard InChI is InChI=1S/C25H29N5O3/c1-33-23-5-3-2-4-20(23)17-28-10-6-18(7-11-28)14-19-8-13-30-21(15-19)22(16-26-30)29-12-9-24(31)27-25(29)32/h2-5,8,13,15-16,18H,6-7,9-12,14,17H2,1H3,(H,27,31,32). The lowest BCUT2D eigenvalue weighted by Crippen LogP contribution is -2.49. The molecule has 33 heavy (non-hydrogen) atoms. The molecule has 8 nitrogen and oxygen atoms in total. The Hall–Kier alpha value is -3.39. The van der Waals surface area contributed by atoms with Crippen molar-refractivity contribution in [2.45, 2.75) is 32.2 Å². The van der Waals surface area contributed by atoms with Crippen molar-refractivity contribution in [1.29, 1.82) is 0 Å². The molecule has 0 bridgehead atoms. The number of fused-ring (bicyclic) bond motifs is 1. The molecule has 0 saturated carbocycles. The summed E-state index contributed by atoms with van der Waals surface area (Å²) in [4.78, 5) is 27.9. The SMILES string of the molecule is COc1ccccc1CN1CCC(Cc2ccn3ncc(N4CCC(=O)NC4=O)c3c2)CC1. The minimum Gasteiger partial charge on any atom is -0.496 e. The average molecular weight is 448 g/mol. The quantitative estimate of drug-likeness (QED) is 0.628. The first kappa shape index (κ1) is 21.5. The van der Waals surface area contributed by atoms with Gasteiger partial charge in [-0.05, 0) is 62.0 Å². The number of piperidine rings is 1. The zero-order chi connectivity index (χ0) is 22.8. The Morgan fingerprint density at radius 3 is 2.73 bits per heavy atom. The van der Waals surface area contributed by atoms with Gasteiger partial charge in [0.25, 0.3) is 0 Å². The maximum atomic E-state index is 12.3. The number of rotatable bonds is 6. The highest BCUT2D eigenvalue weighted by molar-refractivity contribution is 6.07. The van der Waals surface area contributed by atoms with Crippen LogP contribution in [0.25, 0.3) is 5.52 Å². The molecular formula is C25H29N5O3. The van der Waals surface area contributed by atoms with Crippen LogP contribution in [0.15, 0.2) is 48.8 Å². The van der Waals surface area contributed by atoms with Crippen LogP contribution < -0.4 is 15.0 Å². The highest BCUT2D eigenvalue weighted by atomic mass is 16.5. The molecule has 0 radical (unpaired) electrons. The van der Waals surface area contributed by atoms with Gasteiger partial charge in [-0.1, -0.05) is 18.2 Å².